The molecular formula is C12H8Cl2FN. The Balaban J connectivity index is 2.53. The zero-order chi connectivity index (χ0) is 11.5. The molecule has 1 nitrogen and oxygen atoms in total. The Kier molecular flexibility index (Phi) is 3.42. The van der Waals surface area contributed by atoms with Crippen molar-refractivity contribution in [3.63, 3.8) is 0 Å². The summed E-state index contributed by atoms with van der Waals surface area (Å²) in [6.45, 7) is 0. The summed E-state index contributed by atoms with van der Waals surface area (Å²) in [4.78, 5) is 3.98. The lowest BCUT2D eigenvalue weighted by molar-refractivity contribution is 0.631. The van der Waals surface area contributed by atoms with Crippen LogP contribution in [-0.4, -0.2) is 4.98 Å². The highest BCUT2D eigenvalue weighted by Crippen LogP contribution is 2.25. The van der Waals surface area contributed by atoms with Crippen LogP contribution in [0.25, 0.3) is 11.1 Å². The molecule has 0 atom stereocenters. The van der Waals surface area contributed by atoms with Crippen LogP contribution >= 0.6 is 23.2 Å². The van der Waals surface area contributed by atoms with E-state index in [1.165, 1.54) is 12.3 Å². The van der Waals surface area contributed by atoms with Gasteiger partial charge >= 0.3 is 0 Å². The molecule has 0 spiro atoms. The average molecular weight is 256 g/mol. The molecule has 0 aliphatic heterocycles. The number of benzene rings is 1. The molecule has 16 heavy (non-hydrogen) atoms. The van der Waals surface area contributed by atoms with Crippen molar-refractivity contribution in [2.45, 2.75) is 5.88 Å². The van der Waals surface area contributed by atoms with Crippen LogP contribution in [0.2, 0.25) is 5.15 Å². The molecule has 1 aromatic heterocycles. The van der Waals surface area contributed by atoms with E-state index in [9.17, 15) is 4.39 Å². The van der Waals surface area contributed by atoms with Crippen LogP contribution < -0.4 is 0 Å². The van der Waals surface area contributed by atoms with Crippen molar-refractivity contribution in [3.05, 3.63) is 53.1 Å². The molecule has 0 saturated heterocycles. The first-order valence-electron chi connectivity index (χ1n) is 4.67. The Bertz CT molecular complexity index is 514. The molecule has 0 aliphatic rings. The summed E-state index contributed by atoms with van der Waals surface area (Å²) in [5.74, 6) is -0.0270. The van der Waals surface area contributed by atoms with E-state index in [0.29, 0.717) is 21.8 Å². The highest BCUT2D eigenvalue weighted by atomic mass is 35.5. The molecule has 1 heterocycles. The summed E-state index contributed by atoms with van der Waals surface area (Å²) in [5, 5.41) is 0.357. The van der Waals surface area contributed by atoms with Crippen molar-refractivity contribution < 1.29 is 4.39 Å². The summed E-state index contributed by atoms with van der Waals surface area (Å²) >= 11 is 11.5. The molecule has 1 aromatic carbocycles. The van der Waals surface area contributed by atoms with Crippen LogP contribution in [0, 0.1) is 5.82 Å². The van der Waals surface area contributed by atoms with E-state index in [1.807, 2.05) is 0 Å². The summed E-state index contributed by atoms with van der Waals surface area (Å²) in [7, 11) is 0. The second kappa shape index (κ2) is 4.81. The normalized spacial score (nSPS) is 10.4. The van der Waals surface area contributed by atoms with Crippen LogP contribution in [0.5, 0.6) is 0 Å². The predicted molar refractivity (Wildman–Crippen MR) is 64.2 cm³/mol. The van der Waals surface area contributed by atoms with Gasteiger partial charge in [0.25, 0.3) is 0 Å². The number of aromatic nitrogens is 1. The van der Waals surface area contributed by atoms with Crippen LogP contribution in [-0.2, 0) is 5.88 Å². The highest BCUT2D eigenvalue weighted by molar-refractivity contribution is 6.31. The average Bonchev–Trinajstić information content (AvgIpc) is 2.31. The van der Waals surface area contributed by atoms with E-state index < -0.39 is 0 Å². The Labute approximate surface area is 103 Å². The third-order valence-electron chi connectivity index (χ3n) is 2.24. The first-order valence-corrected chi connectivity index (χ1v) is 5.59. The smallest absolute Gasteiger partial charge is 0.133 e. The SMILES string of the molecule is Fc1ccccc1-c1cnc(Cl)c(CCl)c1. The van der Waals surface area contributed by atoms with E-state index in [-0.39, 0.29) is 11.7 Å². The van der Waals surface area contributed by atoms with Gasteiger partial charge < -0.3 is 0 Å². The number of nitrogens with zero attached hydrogens (tertiary/aromatic N) is 1. The number of pyridine rings is 1. The van der Waals surface area contributed by atoms with Gasteiger partial charge in [-0.15, -0.1) is 11.6 Å². The molecule has 2 aromatic rings. The monoisotopic (exact) mass is 255 g/mol. The number of hydrogen-bond acceptors (Lipinski definition) is 1. The standard InChI is InChI=1S/C12H8Cl2FN/c13-6-8-5-9(7-16-12(8)14)10-3-1-2-4-11(10)15/h1-5,7H,6H2. The van der Waals surface area contributed by atoms with Gasteiger partial charge in [0.15, 0.2) is 0 Å². The zero-order valence-corrected chi connectivity index (χ0v) is 9.76. The van der Waals surface area contributed by atoms with E-state index in [0.717, 1.165) is 0 Å². The third kappa shape index (κ3) is 2.18. The first-order chi connectivity index (χ1) is 7.72. The van der Waals surface area contributed by atoms with Gasteiger partial charge in [0.05, 0.1) is 5.88 Å². The lowest BCUT2D eigenvalue weighted by atomic mass is 10.1. The Morgan fingerprint density at radius 1 is 1.25 bits per heavy atom. The van der Waals surface area contributed by atoms with Crippen LogP contribution in [0.15, 0.2) is 36.5 Å². The van der Waals surface area contributed by atoms with Gasteiger partial charge in [0, 0.05) is 22.9 Å². The zero-order valence-electron chi connectivity index (χ0n) is 8.25. The first kappa shape index (κ1) is 11.4. The van der Waals surface area contributed by atoms with Crippen LogP contribution in [0.1, 0.15) is 5.56 Å². The number of halogens is 3. The van der Waals surface area contributed by atoms with E-state index in [4.69, 9.17) is 23.2 Å². The van der Waals surface area contributed by atoms with Gasteiger partial charge in [0.2, 0.25) is 0 Å². The second-order valence-electron chi connectivity index (χ2n) is 3.29. The van der Waals surface area contributed by atoms with Gasteiger partial charge in [0.1, 0.15) is 11.0 Å². The number of hydrogen-bond donors (Lipinski definition) is 0. The van der Waals surface area contributed by atoms with Gasteiger partial charge in [-0.25, -0.2) is 9.37 Å². The topological polar surface area (TPSA) is 12.9 Å². The fourth-order valence-electron chi connectivity index (χ4n) is 1.43. The van der Waals surface area contributed by atoms with Crippen molar-refractivity contribution in [1.82, 2.24) is 4.98 Å². The lowest BCUT2D eigenvalue weighted by Gasteiger charge is -2.05. The summed E-state index contributed by atoms with van der Waals surface area (Å²) in [6, 6.07) is 8.27. The van der Waals surface area contributed by atoms with E-state index in [2.05, 4.69) is 4.98 Å². The highest BCUT2D eigenvalue weighted by Gasteiger charge is 2.07. The minimum atomic E-state index is -0.285. The minimum absolute atomic E-state index is 0.258. The van der Waals surface area contributed by atoms with Crippen molar-refractivity contribution >= 4 is 23.2 Å². The third-order valence-corrected chi connectivity index (χ3v) is 2.87. The number of alkyl halides is 1. The molecule has 0 N–H and O–H groups in total. The van der Waals surface area contributed by atoms with Crippen molar-refractivity contribution in [1.29, 1.82) is 0 Å². The maximum atomic E-state index is 13.5. The minimum Gasteiger partial charge on any atom is -0.244 e. The van der Waals surface area contributed by atoms with Crippen LogP contribution in [0.3, 0.4) is 0 Å². The largest absolute Gasteiger partial charge is 0.244 e. The van der Waals surface area contributed by atoms with Crippen LogP contribution in [0.4, 0.5) is 4.39 Å². The second-order valence-corrected chi connectivity index (χ2v) is 3.91. The maximum Gasteiger partial charge on any atom is 0.133 e. The fraction of sp³-hybridized carbons (Fsp3) is 0.0833. The molecule has 0 aliphatic carbocycles. The Hall–Kier alpha value is -1.12. The molecule has 0 fully saturated rings. The molecule has 82 valence electrons. The van der Waals surface area contributed by atoms with Crippen molar-refractivity contribution in [3.8, 4) is 11.1 Å². The van der Waals surface area contributed by atoms with Gasteiger partial charge in [-0.3, -0.25) is 0 Å². The molecule has 2 rings (SSSR count). The summed E-state index contributed by atoms with van der Waals surface area (Å²) in [6.07, 6.45) is 1.54. The molecule has 0 amide bonds. The molecule has 0 saturated carbocycles. The van der Waals surface area contributed by atoms with Gasteiger partial charge in [-0.1, -0.05) is 29.8 Å². The number of rotatable bonds is 2. The van der Waals surface area contributed by atoms with E-state index >= 15 is 0 Å². The molecule has 4 heteroatoms. The predicted octanol–water partition coefficient (Wildman–Crippen LogP) is 4.28. The van der Waals surface area contributed by atoms with Crippen molar-refractivity contribution in [2.24, 2.45) is 0 Å². The molecule has 0 radical (unpaired) electrons. The fourth-order valence-corrected chi connectivity index (χ4v) is 1.87. The summed E-state index contributed by atoms with van der Waals surface area (Å²) in [5.41, 5.74) is 1.88. The molecule has 0 bridgehead atoms. The Morgan fingerprint density at radius 3 is 2.69 bits per heavy atom. The molecular weight excluding hydrogens is 248 g/mol. The van der Waals surface area contributed by atoms with E-state index in [1.54, 1.807) is 24.3 Å². The maximum absolute atomic E-state index is 13.5. The molecule has 0 unspecified atom stereocenters. The van der Waals surface area contributed by atoms with Crippen molar-refractivity contribution in [2.75, 3.05) is 0 Å². The van der Waals surface area contributed by atoms with Gasteiger partial charge in [-0.05, 0) is 12.1 Å². The van der Waals surface area contributed by atoms with Gasteiger partial charge in [-0.2, -0.15) is 0 Å². The lowest BCUT2D eigenvalue weighted by Crippen LogP contribution is -1.89. The Morgan fingerprint density at radius 2 is 2.00 bits per heavy atom. The quantitative estimate of drug-likeness (QED) is 0.577. The summed E-state index contributed by atoms with van der Waals surface area (Å²) < 4.78 is 13.5.